The summed E-state index contributed by atoms with van der Waals surface area (Å²) in [5, 5.41) is 0. The summed E-state index contributed by atoms with van der Waals surface area (Å²) in [6.45, 7) is 5.67. The maximum Gasteiger partial charge on any atom is 0.330 e. The van der Waals surface area contributed by atoms with Crippen LogP contribution in [0, 0.1) is 0 Å². The van der Waals surface area contributed by atoms with Gasteiger partial charge in [0.05, 0.1) is 0 Å². The Morgan fingerprint density at radius 1 is 1.18 bits per heavy atom. The molecule has 120 valence electrons. The van der Waals surface area contributed by atoms with Crippen molar-refractivity contribution in [1.29, 1.82) is 0 Å². The van der Waals surface area contributed by atoms with Crippen molar-refractivity contribution in [3.05, 3.63) is 54.6 Å². The molecule has 0 bridgehead atoms. The van der Waals surface area contributed by atoms with E-state index in [-0.39, 0.29) is 12.1 Å². The van der Waals surface area contributed by atoms with Crippen molar-refractivity contribution in [2.45, 2.75) is 58.0 Å². The molecule has 1 atom stereocenters. The second kappa shape index (κ2) is 11.8. The first-order chi connectivity index (χ1) is 10.8. The Kier molecular flexibility index (Phi) is 9.76. The second-order valence-corrected chi connectivity index (χ2v) is 5.50. The third-order valence-electron chi connectivity index (χ3n) is 3.59. The van der Waals surface area contributed by atoms with Crippen molar-refractivity contribution in [3.8, 4) is 0 Å². The predicted molar refractivity (Wildman–Crippen MR) is 93.5 cm³/mol. The SMILES string of the molecule is C=CC(=O)OC(CCC=Cc1ccccc1)CCCCCC. The van der Waals surface area contributed by atoms with Crippen LogP contribution in [0.5, 0.6) is 0 Å². The largest absolute Gasteiger partial charge is 0.459 e. The first-order valence-electron chi connectivity index (χ1n) is 8.31. The molecule has 0 aliphatic carbocycles. The fraction of sp³-hybridized carbons (Fsp3) is 0.450. The minimum atomic E-state index is -0.312. The summed E-state index contributed by atoms with van der Waals surface area (Å²) in [6, 6.07) is 10.2. The van der Waals surface area contributed by atoms with E-state index in [1.807, 2.05) is 18.2 Å². The Morgan fingerprint density at radius 2 is 1.95 bits per heavy atom. The van der Waals surface area contributed by atoms with Crippen molar-refractivity contribution in [3.63, 3.8) is 0 Å². The standard InChI is InChI=1S/C20H28O2/c1-3-5-6-10-16-19(22-20(21)4-2)17-12-11-15-18-13-8-7-9-14-18/h4,7-9,11,13-15,19H,2-3,5-6,10,12,16-17H2,1H3. The molecular weight excluding hydrogens is 272 g/mol. The molecular formula is C20H28O2. The molecule has 1 aromatic rings. The van der Waals surface area contributed by atoms with E-state index < -0.39 is 0 Å². The first kappa shape index (κ1) is 18.2. The van der Waals surface area contributed by atoms with Crippen LogP contribution in [-0.2, 0) is 9.53 Å². The molecule has 0 saturated heterocycles. The lowest BCUT2D eigenvalue weighted by Crippen LogP contribution is -2.16. The van der Waals surface area contributed by atoms with Gasteiger partial charge in [-0.2, -0.15) is 0 Å². The van der Waals surface area contributed by atoms with Crippen LogP contribution in [0.3, 0.4) is 0 Å². The lowest BCUT2D eigenvalue weighted by Gasteiger charge is -2.16. The lowest BCUT2D eigenvalue weighted by molar-refractivity contribution is -0.143. The Labute approximate surface area is 134 Å². The van der Waals surface area contributed by atoms with E-state index in [4.69, 9.17) is 4.74 Å². The maximum atomic E-state index is 11.4. The van der Waals surface area contributed by atoms with Gasteiger partial charge in [0.1, 0.15) is 6.10 Å². The van der Waals surface area contributed by atoms with Crippen LogP contribution < -0.4 is 0 Å². The highest BCUT2D eigenvalue weighted by Gasteiger charge is 2.11. The maximum absolute atomic E-state index is 11.4. The molecule has 1 aromatic carbocycles. The summed E-state index contributed by atoms with van der Waals surface area (Å²) in [6.07, 6.45) is 13.0. The zero-order valence-corrected chi connectivity index (χ0v) is 13.7. The van der Waals surface area contributed by atoms with Gasteiger partial charge in [-0.15, -0.1) is 0 Å². The summed E-state index contributed by atoms with van der Waals surface area (Å²) in [5.41, 5.74) is 1.20. The number of carbonyl (C=O) groups is 1. The van der Waals surface area contributed by atoms with Crippen LogP contribution in [0.1, 0.15) is 57.4 Å². The molecule has 0 aliphatic rings. The number of unbranched alkanes of at least 4 members (excludes halogenated alkanes) is 3. The van der Waals surface area contributed by atoms with Gasteiger partial charge in [0.15, 0.2) is 0 Å². The molecule has 2 heteroatoms. The van der Waals surface area contributed by atoms with E-state index in [1.54, 1.807) is 0 Å². The molecule has 0 N–H and O–H groups in total. The average Bonchev–Trinajstić information content (AvgIpc) is 2.56. The zero-order valence-electron chi connectivity index (χ0n) is 13.7. The second-order valence-electron chi connectivity index (χ2n) is 5.50. The molecule has 0 radical (unpaired) electrons. The van der Waals surface area contributed by atoms with Gasteiger partial charge >= 0.3 is 5.97 Å². The third kappa shape index (κ3) is 8.46. The molecule has 1 unspecified atom stereocenters. The Bertz CT molecular complexity index is 448. The van der Waals surface area contributed by atoms with Crippen LogP contribution in [0.4, 0.5) is 0 Å². The predicted octanol–water partition coefficient (Wildman–Crippen LogP) is 5.55. The van der Waals surface area contributed by atoms with Crippen LogP contribution in [0.25, 0.3) is 6.08 Å². The molecule has 0 spiro atoms. The van der Waals surface area contributed by atoms with Crippen molar-refractivity contribution >= 4 is 12.0 Å². The topological polar surface area (TPSA) is 26.3 Å². The molecule has 0 amide bonds. The van der Waals surface area contributed by atoms with Crippen LogP contribution >= 0.6 is 0 Å². The normalized spacial score (nSPS) is 12.2. The van der Waals surface area contributed by atoms with Crippen LogP contribution in [-0.4, -0.2) is 12.1 Å². The minimum Gasteiger partial charge on any atom is -0.459 e. The Balaban J connectivity index is 2.37. The van der Waals surface area contributed by atoms with Gasteiger partial charge in [-0.1, -0.05) is 75.2 Å². The Morgan fingerprint density at radius 3 is 2.64 bits per heavy atom. The fourth-order valence-corrected chi connectivity index (χ4v) is 2.34. The molecule has 0 fully saturated rings. The number of allylic oxidation sites excluding steroid dienone is 1. The van der Waals surface area contributed by atoms with Crippen molar-refractivity contribution in [2.24, 2.45) is 0 Å². The summed E-state index contributed by atoms with van der Waals surface area (Å²) in [7, 11) is 0. The third-order valence-corrected chi connectivity index (χ3v) is 3.59. The molecule has 0 saturated carbocycles. The highest BCUT2D eigenvalue weighted by Crippen LogP contribution is 2.14. The minimum absolute atomic E-state index is 0.00257. The van der Waals surface area contributed by atoms with E-state index in [0.717, 1.165) is 25.7 Å². The fourth-order valence-electron chi connectivity index (χ4n) is 2.34. The van der Waals surface area contributed by atoms with Crippen LogP contribution in [0.15, 0.2) is 49.1 Å². The van der Waals surface area contributed by atoms with E-state index >= 15 is 0 Å². The lowest BCUT2D eigenvalue weighted by atomic mass is 10.0. The zero-order chi connectivity index (χ0) is 16.0. The number of esters is 1. The number of ether oxygens (including phenoxy) is 1. The van der Waals surface area contributed by atoms with Crippen molar-refractivity contribution < 1.29 is 9.53 Å². The number of hydrogen-bond donors (Lipinski definition) is 0. The van der Waals surface area contributed by atoms with Crippen LogP contribution in [0.2, 0.25) is 0 Å². The van der Waals surface area contributed by atoms with E-state index in [0.29, 0.717) is 0 Å². The van der Waals surface area contributed by atoms with Gasteiger partial charge in [-0.05, 0) is 31.2 Å². The summed E-state index contributed by atoms with van der Waals surface area (Å²) < 4.78 is 5.44. The van der Waals surface area contributed by atoms with Gasteiger partial charge in [-0.25, -0.2) is 4.79 Å². The smallest absolute Gasteiger partial charge is 0.330 e. The average molecular weight is 300 g/mol. The highest BCUT2D eigenvalue weighted by molar-refractivity contribution is 5.81. The quantitative estimate of drug-likeness (QED) is 0.304. The van der Waals surface area contributed by atoms with Gasteiger partial charge in [-0.3, -0.25) is 0 Å². The highest BCUT2D eigenvalue weighted by atomic mass is 16.5. The number of benzene rings is 1. The van der Waals surface area contributed by atoms with E-state index in [1.165, 1.54) is 30.9 Å². The summed E-state index contributed by atoms with van der Waals surface area (Å²) >= 11 is 0. The molecule has 0 heterocycles. The Hall–Kier alpha value is -1.83. The summed E-state index contributed by atoms with van der Waals surface area (Å²) in [4.78, 5) is 11.4. The number of rotatable bonds is 11. The molecule has 0 aliphatic heterocycles. The van der Waals surface area contributed by atoms with Gasteiger partial charge < -0.3 is 4.74 Å². The number of carbonyl (C=O) groups excluding carboxylic acids is 1. The van der Waals surface area contributed by atoms with Gasteiger partial charge in [0.2, 0.25) is 0 Å². The molecule has 1 rings (SSSR count). The molecule has 0 aromatic heterocycles. The van der Waals surface area contributed by atoms with Crippen molar-refractivity contribution in [1.82, 2.24) is 0 Å². The van der Waals surface area contributed by atoms with Crippen molar-refractivity contribution in [2.75, 3.05) is 0 Å². The van der Waals surface area contributed by atoms with Gasteiger partial charge in [0.25, 0.3) is 0 Å². The number of hydrogen-bond acceptors (Lipinski definition) is 2. The van der Waals surface area contributed by atoms with Gasteiger partial charge in [0, 0.05) is 6.08 Å². The van der Waals surface area contributed by atoms with E-state index in [2.05, 4.69) is 37.8 Å². The van der Waals surface area contributed by atoms with E-state index in [9.17, 15) is 4.79 Å². The summed E-state index contributed by atoms with van der Waals surface area (Å²) in [5.74, 6) is -0.312. The molecule has 22 heavy (non-hydrogen) atoms. The monoisotopic (exact) mass is 300 g/mol. The first-order valence-corrected chi connectivity index (χ1v) is 8.31. The molecule has 2 nitrogen and oxygen atoms in total.